The van der Waals surface area contributed by atoms with Gasteiger partial charge in [0.1, 0.15) is 0 Å². The molecular weight excluding hydrogens is 460 g/mol. The van der Waals surface area contributed by atoms with Crippen molar-refractivity contribution in [2.45, 2.75) is 25.8 Å². The van der Waals surface area contributed by atoms with Gasteiger partial charge in [0.25, 0.3) is 0 Å². The van der Waals surface area contributed by atoms with E-state index in [-0.39, 0.29) is 18.2 Å². The molecule has 3 aromatic rings. The fourth-order valence-electron chi connectivity index (χ4n) is 4.32. The molecule has 2 amide bonds. The third kappa shape index (κ3) is 7.07. The molecule has 0 bridgehead atoms. The average Bonchev–Trinajstić information content (AvgIpc) is 2.87. The highest BCUT2D eigenvalue weighted by Crippen LogP contribution is 2.20. The SMILES string of the molecule is Nc1ccccc1CC(=O)c1ccc(CN(CC2CCNCC2)C(=O)Nc2ccc(Cl)cc2)cc1. The number of piperidine rings is 1. The van der Waals surface area contributed by atoms with Crippen LogP contribution in [0.5, 0.6) is 0 Å². The zero-order valence-corrected chi connectivity index (χ0v) is 20.4. The summed E-state index contributed by atoms with van der Waals surface area (Å²) in [6, 6.07) is 21.9. The minimum Gasteiger partial charge on any atom is -0.398 e. The Balaban J connectivity index is 1.44. The number of rotatable bonds is 8. The van der Waals surface area contributed by atoms with Crippen LogP contribution in [-0.2, 0) is 13.0 Å². The zero-order chi connectivity index (χ0) is 24.6. The lowest BCUT2D eigenvalue weighted by molar-refractivity contribution is 0.0993. The summed E-state index contributed by atoms with van der Waals surface area (Å²) in [5.74, 6) is 0.464. The Morgan fingerprint density at radius 3 is 2.34 bits per heavy atom. The molecule has 1 aliphatic heterocycles. The van der Waals surface area contributed by atoms with Gasteiger partial charge in [-0.3, -0.25) is 4.79 Å². The number of nitrogens with two attached hydrogens (primary N) is 1. The second kappa shape index (κ2) is 11.9. The van der Waals surface area contributed by atoms with E-state index < -0.39 is 0 Å². The van der Waals surface area contributed by atoms with E-state index in [1.807, 2.05) is 47.4 Å². The molecule has 0 radical (unpaired) electrons. The number of halogens is 1. The number of nitrogens with one attached hydrogen (secondary N) is 2. The van der Waals surface area contributed by atoms with Crippen LogP contribution < -0.4 is 16.4 Å². The predicted molar refractivity (Wildman–Crippen MR) is 142 cm³/mol. The number of hydrogen-bond acceptors (Lipinski definition) is 4. The third-order valence-electron chi connectivity index (χ3n) is 6.38. The van der Waals surface area contributed by atoms with E-state index in [9.17, 15) is 9.59 Å². The van der Waals surface area contributed by atoms with Crippen LogP contribution in [0.3, 0.4) is 0 Å². The number of Topliss-reactive ketones (excluding diaryl/α,β-unsaturated/α-hetero) is 1. The highest BCUT2D eigenvalue weighted by molar-refractivity contribution is 6.30. The van der Waals surface area contributed by atoms with Gasteiger partial charge in [-0.2, -0.15) is 0 Å². The summed E-state index contributed by atoms with van der Waals surface area (Å²) in [5, 5.41) is 6.99. The predicted octanol–water partition coefficient (Wildman–Crippen LogP) is 5.38. The van der Waals surface area contributed by atoms with E-state index in [4.69, 9.17) is 17.3 Å². The topological polar surface area (TPSA) is 87.5 Å². The van der Waals surface area contributed by atoms with Crippen molar-refractivity contribution in [1.29, 1.82) is 0 Å². The third-order valence-corrected chi connectivity index (χ3v) is 6.63. The van der Waals surface area contributed by atoms with Crippen molar-refractivity contribution < 1.29 is 9.59 Å². The number of nitrogens with zero attached hydrogens (tertiary/aromatic N) is 1. The highest BCUT2D eigenvalue weighted by atomic mass is 35.5. The Morgan fingerprint density at radius 2 is 1.66 bits per heavy atom. The number of amides is 2. The summed E-state index contributed by atoms with van der Waals surface area (Å²) in [4.78, 5) is 27.8. The van der Waals surface area contributed by atoms with Gasteiger partial charge in [0.05, 0.1) is 0 Å². The highest BCUT2D eigenvalue weighted by Gasteiger charge is 2.21. The number of hydrogen-bond donors (Lipinski definition) is 3. The molecule has 1 fully saturated rings. The lowest BCUT2D eigenvalue weighted by Gasteiger charge is -2.30. The number of urea groups is 1. The summed E-state index contributed by atoms with van der Waals surface area (Å²) in [5.41, 5.74) is 9.75. The molecule has 0 atom stereocenters. The van der Waals surface area contributed by atoms with Crippen molar-refractivity contribution >= 4 is 34.8 Å². The minimum absolute atomic E-state index is 0.0153. The van der Waals surface area contributed by atoms with Gasteiger partial charge in [0, 0.05) is 41.5 Å². The molecule has 0 unspecified atom stereocenters. The molecule has 0 aromatic heterocycles. The smallest absolute Gasteiger partial charge is 0.322 e. The van der Waals surface area contributed by atoms with Crippen LogP contribution in [0.2, 0.25) is 5.02 Å². The Labute approximate surface area is 211 Å². The monoisotopic (exact) mass is 490 g/mol. The number of carbonyl (C=O) groups is 2. The number of benzene rings is 3. The first kappa shape index (κ1) is 24.8. The Morgan fingerprint density at radius 1 is 0.971 bits per heavy atom. The summed E-state index contributed by atoms with van der Waals surface area (Å²) < 4.78 is 0. The molecule has 35 heavy (non-hydrogen) atoms. The molecule has 1 heterocycles. The van der Waals surface area contributed by atoms with E-state index in [2.05, 4.69) is 10.6 Å². The molecule has 0 spiro atoms. The average molecular weight is 491 g/mol. The van der Waals surface area contributed by atoms with Crippen molar-refractivity contribution in [2.24, 2.45) is 5.92 Å². The lowest BCUT2D eigenvalue weighted by atomic mass is 9.97. The van der Waals surface area contributed by atoms with Crippen molar-refractivity contribution in [3.05, 3.63) is 94.5 Å². The maximum atomic E-state index is 13.2. The van der Waals surface area contributed by atoms with Crippen LogP contribution in [0.4, 0.5) is 16.2 Å². The van der Waals surface area contributed by atoms with Gasteiger partial charge in [-0.1, -0.05) is 54.1 Å². The Hall–Kier alpha value is -3.35. The number of ketones is 1. The number of carbonyl (C=O) groups excluding carboxylic acids is 2. The molecule has 1 aliphatic rings. The first-order chi connectivity index (χ1) is 17.0. The quantitative estimate of drug-likeness (QED) is 0.292. The second-order valence-corrected chi connectivity index (χ2v) is 9.44. The van der Waals surface area contributed by atoms with Crippen LogP contribution >= 0.6 is 11.6 Å². The number of para-hydroxylation sites is 1. The van der Waals surface area contributed by atoms with E-state index in [0.29, 0.717) is 41.0 Å². The van der Waals surface area contributed by atoms with Gasteiger partial charge in [0.15, 0.2) is 5.78 Å². The molecule has 4 N–H and O–H groups in total. The van der Waals surface area contributed by atoms with Crippen molar-refractivity contribution in [1.82, 2.24) is 10.2 Å². The summed E-state index contributed by atoms with van der Waals surface area (Å²) in [7, 11) is 0. The summed E-state index contributed by atoms with van der Waals surface area (Å²) in [6.45, 7) is 3.08. The van der Waals surface area contributed by atoms with E-state index >= 15 is 0 Å². The van der Waals surface area contributed by atoms with Gasteiger partial charge in [-0.05, 0) is 73.3 Å². The van der Waals surface area contributed by atoms with Crippen LogP contribution in [0, 0.1) is 5.92 Å². The Kier molecular flexibility index (Phi) is 8.40. The molecule has 0 saturated carbocycles. The number of anilines is 2. The van der Waals surface area contributed by atoms with E-state index in [1.165, 1.54) is 0 Å². The van der Waals surface area contributed by atoms with Crippen molar-refractivity contribution in [2.75, 3.05) is 30.7 Å². The van der Waals surface area contributed by atoms with Gasteiger partial charge < -0.3 is 21.3 Å². The van der Waals surface area contributed by atoms with Gasteiger partial charge in [0.2, 0.25) is 0 Å². The van der Waals surface area contributed by atoms with Crippen LogP contribution in [0.25, 0.3) is 0 Å². The largest absolute Gasteiger partial charge is 0.398 e. The standard InChI is InChI=1S/C28H31ClN4O2/c29-24-9-11-25(12-10-24)32-28(35)33(19-21-13-15-31-16-14-21)18-20-5-7-22(8-6-20)27(34)17-23-3-1-2-4-26(23)30/h1-12,21,31H,13-19,30H2,(H,32,35). The summed E-state index contributed by atoms with van der Waals surface area (Å²) >= 11 is 5.98. The first-order valence-electron chi connectivity index (χ1n) is 12.0. The zero-order valence-electron chi connectivity index (χ0n) is 19.7. The normalized spacial score (nSPS) is 13.9. The molecule has 0 aliphatic carbocycles. The fraction of sp³-hybridized carbons (Fsp3) is 0.286. The lowest BCUT2D eigenvalue weighted by Crippen LogP contribution is -2.41. The van der Waals surface area contributed by atoms with Crippen LogP contribution in [0.15, 0.2) is 72.8 Å². The molecule has 4 rings (SSSR count). The maximum Gasteiger partial charge on any atom is 0.322 e. The van der Waals surface area contributed by atoms with E-state index in [1.54, 1.807) is 30.3 Å². The number of nitrogen functional groups attached to an aromatic ring is 1. The van der Waals surface area contributed by atoms with Crippen LogP contribution in [0.1, 0.15) is 34.3 Å². The van der Waals surface area contributed by atoms with E-state index in [0.717, 1.165) is 37.1 Å². The fourth-order valence-corrected chi connectivity index (χ4v) is 4.44. The second-order valence-electron chi connectivity index (χ2n) is 9.01. The molecule has 3 aromatic carbocycles. The van der Waals surface area contributed by atoms with Gasteiger partial charge in [-0.15, -0.1) is 0 Å². The molecule has 7 heteroatoms. The molecule has 6 nitrogen and oxygen atoms in total. The minimum atomic E-state index is -0.148. The maximum absolute atomic E-state index is 13.2. The first-order valence-corrected chi connectivity index (χ1v) is 12.3. The van der Waals surface area contributed by atoms with Crippen molar-refractivity contribution in [3.63, 3.8) is 0 Å². The van der Waals surface area contributed by atoms with Crippen LogP contribution in [-0.4, -0.2) is 36.3 Å². The molecule has 182 valence electrons. The van der Waals surface area contributed by atoms with Crippen molar-refractivity contribution in [3.8, 4) is 0 Å². The summed E-state index contributed by atoms with van der Waals surface area (Å²) in [6.07, 6.45) is 2.35. The van der Waals surface area contributed by atoms with Gasteiger partial charge in [-0.25, -0.2) is 4.79 Å². The Bertz CT molecular complexity index is 1140. The molecular formula is C28H31ClN4O2. The van der Waals surface area contributed by atoms with Gasteiger partial charge >= 0.3 is 6.03 Å². The molecule has 1 saturated heterocycles.